The fourth-order valence-electron chi connectivity index (χ4n) is 2.64. The Balaban J connectivity index is 2.21. The molecule has 0 bridgehead atoms. The molecule has 2 aromatic carbocycles. The molecular formula is C20H26N2O6S. The summed E-state index contributed by atoms with van der Waals surface area (Å²) < 4.78 is 36.3. The number of benzene rings is 2. The van der Waals surface area contributed by atoms with Crippen LogP contribution in [0, 0.1) is 0 Å². The minimum atomic E-state index is -3.84. The first-order chi connectivity index (χ1) is 13.7. The number of nitrogens with zero attached hydrogens (tertiary/aromatic N) is 1. The zero-order valence-electron chi connectivity index (χ0n) is 17.1. The van der Waals surface area contributed by atoms with Gasteiger partial charge in [0.15, 0.2) is 11.5 Å². The summed E-state index contributed by atoms with van der Waals surface area (Å²) >= 11 is 0. The Labute approximate surface area is 171 Å². The van der Waals surface area contributed by atoms with Crippen molar-refractivity contribution in [2.45, 2.75) is 24.8 Å². The molecule has 0 heterocycles. The van der Waals surface area contributed by atoms with Crippen molar-refractivity contribution in [3.8, 4) is 11.5 Å². The van der Waals surface area contributed by atoms with Gasteiger partial charge in [-0.2, -0.15) is 0 Å². The maximum Gasteiger partial charge on any atom is 0.264 e. The highest BCUT2D eigenvalue weighted by Crippen LogP contribution is 2.30. The number of carbonyl (C=O) groups excluding carboxylic acids is 1. The van der Waals surface area contributed by atoms with E-state index < -0.39 is 15.9 Å². The van der Waals surface area contributed by atoms with Gasteiger partial charge >= 0.3 is 0 Å². The Kier molecular flexibility index (Phi) is 7.60. The van der Waals surface area contributed by atoms with Crippen LogP contribution in [0.1, 0.15) is 35.8 Å². The first kappa shape index (κ1) is 22.7. The highest BCUT2D eigenvalue weighted by atomic mass is 32.2. The fraction of sp³-hybridized carbons (Fsp3) is 0.350. The van der Waals surface area contributed by atoms with E-state index in [1.807, 2.05) is 19.9 Å². The van der Waals surface area contributed by atoms with E-state index in [2.05, 4.69) is 5.32 Å². The monoisotopic (exact) mass is 422 g/mol. The molecule has 1 atom stereocenters. The lowest BCUT2D eigenvalue weighted by Crippen LogP contribution is -2.28. The van der Waals surface area contributed by atoms with Gasteiger partial charge in [0.25, 0.3) is 15.9 Å². The largest absolute Gasteiger partial charge is 0.493 e. The third kappa shape index (κ3) is 5.26. The van der Waals surface area contributed by atoms with Crippen molar-refractivity contribution < 1.29 is 27.5 Å². The number of nitrogens with one attached hydrogen (secondary N) is 1. The summed E-state index contributed by atoms with van der Waals surface area (Å²) in [5.41, 5.74) is 1.04. The zero-order valence-corrected chi connectivity index (χ0v) is 17.9. The van der Waals surface area contributed by atoms with E-state index >= 15 is 0 Å². The lowest BCUT2D eigenvalue weighted by atomic mass is 10.1. The molecule has 1 N–H and O–H groups in total. The van der Waals surface area contributed by atoms with Crippen LogP contribution in [-0.2, 0) is 14.9 Å². The molecule has 0 aliphatic heterocycles. The van der Waals surface area contributed by atoms with E-state index in [9.17, 15) is 13.2 Å². The predicted octanol–water partition coefficient (Wildman–Crippen LogP) is 2.77. The molecule has 0 fully saturated rings. The van der Waals surface area contributed by atoms with Crippen molar-refractivity contribution in [1.29, 1.82) is 0 Å². The van der Waals surface area contributed by atoms with Gasteiger partial charge in [-0.05, 0) is 49.7 Å². The average molecular weight is 423 g/mol. The molecule has 8 nitrogen and oxygen atoms in total. The minimum absolute atomic E-state index is 0.0371. The lowest BCUT2D eigenvalue weighted by Gasteiger charge is -2.18. The molecule has 0 aliphatic carbocycles. The summed E-state index contributed by atoms with van der Waals surface area (Å²) in [5, 5.41) is 2.86. The topological polar surface area (TPSA) is 94.2 Å². The summed E-state index contributed by atoms with van der Waals surface area (Å²) in [6, 6.07) is 10.9. The molecule has 1 amide bonds. The standard InChI is InChI=1S/C20H26N2O6S/c1-6-28-18-11-10-15(13-19(18)26-4)14(2)21-20(23)16-8-7-9-17(12-16)29(24,25)22(3)27-5/h7-14H,6H2,1-5H3,(H,21,23). The number of methoxy groups -OCH3 is 1. The highest BCUT2D eigenvalue weighted by Gasteiger charge is 2.22. The molecule has 2 rings (SSSR count). The first-order valence-electron chi connectivity index (χ1n) is 8.99. The fourth-order valence-corrected chi connectivity index (χ4v) is 3.66. The zero-order chi connectivity index (χ0) is 21.6. The van der Waals surface area contributed by atoms with Gasteiger partial charge in [-0.1, -0.05) is 16.6 Å². The summed E-state index contributed by atoms with van der Waals surface area (Å²) in [6.45, 7) is 4.22. The molecule has 1 unspecified atom stereocenters. The number of hydrogen-bond donors (Lipinski definition) is 1. The molecule has 0 saturated carbocycles. The van der Waals surface area contributed by atoms with Gasteiger partial charge in [0.2, 0.25) is 0 Å². The lowest BCUT2D eigenvalue weighted by molar-refractivity contribution is -0.0258. The van der Waals surface area contributed by atoms with E-state index in [0.717, 1.165) is 10.0 Å². The number of sulfonamides is 1. The van der Waals surface area contributed by atoms with Crippen LogP contribution in [0.3, 0.4) is 0 Å². The quantitative estimate of drug-likeness (QED) is 0.625. The van der Waals surface area contributed by atoms with Crippen molar-refractivity contribution in [3.63, 3.8) is 0 Å². The normalized spacial score (nSPS) is 12.5. The van der Waals surface area contributed by atoms with E-state index in [-0.39, 0.29) is 16.5 Å². The van der Waals surface area contributed by atoms with Crippen LogP contribution in [-0.4, -0.2) is 46.7 Å². The Morgan fingerprint density at radius 1 is 1.14 bits per heavy atom. The molecule has 29 heavy (non-hydrogen) atoms. The minimum Gasteiger partial charge on any atom is -0.493 e. The Morgan fingerprint density at radius 2 is 1.86 bits per heavy atom. The van der Waals surface area contributed by atoms with Gasteiger partial charge in [0.05, 0.1) is 31.8 Å². The van der Waals surface area contributed by atoms with Crippen LogP contribution in [0.15, 0.2) is 47.4 Å². The molecule has 2 aromatic rings. The number of rotatable bonds is 9. The summed E-state index contributed by atoms with van der Waals surface area (Å²) in [4.78, 5) is 17.4. The summed E-state index contributed by atoms with van der Waals surface area (Å²) in [7, 11) is 0.237. The number of ether oxygens (including phenoxy) is 2. The molecule has 158 valence electrons. The molecule has 9 heteroatoms. The van der Waals surface area contributed by atoms with Gasteiger partial charge in [-0.3, -0.25) is 9.63 Å². The Hall–Kier alpha value is -2.62. The van der Waals surface area contributed by atoms with Crippen molar-refractivity contribution in [3.05, 3.63) is 53.6 Å². The summed E-state index contributed by atoms with van der Waals surface area (Å²) in [6.07, 6.45) is 0. The number of hydrogen-bond acceptors (Lipinski definition) is 6. The van der Waals surface area contributed by atoms with Gasteiger partial charge in [0, 0.05) is 12.6 Å². The highest BCUT2D eigenvalue weighted by molar-refractivity contribution is 7.89. The van der Waals surface area contributed by atoms with Gasteiger partial charge in [-0.15, -0.1) is 0 Å². The smallest absolute Gasteiger partial charge is 0.264 e. The Morgan fingerprint density at radius 3 is 2.48 bits per heavy atom. The van der Waals surface area contributed by atoms with Gasteiger partial charge < -0.3 is 14.8 Å². The van der Waals surface area contributed by atoms with Gasteiger partial charge in [0.1, 0.15) is 0 Å². The predicted molar refractivity (Wildman–Crippen MR) is 108 cm³/mol. The molecule has 0 aromatic heterocycles. The molecule has 0 saturated heterocycles. The second-order valence-electron chi connectivity index (χ2n) is 6.16. The van der Waals surface area contributed by atoms with E-state index in [1.165, 1.54) is 32.4 Å². The Bertz CT molecular complexity index is 961. The van der Waals surface area contributed by atoms with Gasteiger partial charge in [-0.25, -0.2) is 8.42 Å². The third-order valence-corrected chi connectivity index (χ3v) is 6.00. The number of hydroxylamine groups is 1. The molecule has 0 radical (unpaired) electrons. The SMILES string of the molecule is CCOc1ccc(C(C)NC(=O)c2cccc(S(=O)(=O)N(C)OC)c2)cc1OC. The maximum absolute atomic E-state index is 12.7. The van der Waals surface area contributed by atoms with Crippen LogP contribution in [0.25, 0.3) is 0 Å². The molecule has 0 spiro atoms. The van der Waals surface area contributed by atoms with Crippen LogP contribution < -0.4 is 14.8 Å². The van der Waals surface area contributed by atoms with Crippen LogP contribution in [0.2, 0.25) is 0 Å². The average Bonchev–Trinajstić information content (AvgIpc) is 2.73. The van der Waals surface area contributed by atoms with Crippen molar-refractivity contribution in [2.24, 2.45) is 0 Å². The molecular weight excluding hydrogens is 396 g/mol. The third-order valence-electron chi connectivity index (χ3n) is 4.32. The van der Waals surface area contributed by atoms with E-state index in [1.54, 1.807) is 25.3 Å². The van der Waals surface area contributed by atoms with Crippen molar-refractivity contribution in [1.82, 2.24) is 9.79 Å². The van der Waals surface area contributed by atoms with Crippen LogP contribution in [0.4, 0.5) is 0 Å². The van der Waals surface area contributed by atoms with E-state index in [0.29, 0.717) is 18.1 Å². The second-order valence-corrected chi connectivity index (χ2v) is 8.10. The summed E-state index contributed by atoms with van der Waals surface area (Å²) in [5.74, 6) is 0.793. The van der Waals surface area contributed by atoms with Crippen molar-refractivity contribution in [2.75, 3.05) is 27.9 Å². The second kappa shape index (κ2) is 9.73. The number of amides is 1. The maximum atomic E-state index is 12.7. The van der Waals surface area contributed by atoms with Crippen LogP contribution in [0.5, 0.6) is 11.5 Å². The molecule has 0 aliphatic rings. The van der Waals surface area contributed by atoms with Crippen LogP contribution >= 0.6 is 0 Å². The van der Waals surface area contributed by atoms with Crippen molar-refractivity contribution >= 4 is 15.9 Å². The van der Waals surface area contributed by atoms with E-state index in [4.69, 9.17) is 14.3 Å². The first-order valence-corrected chi connectivity index (χ1v) is 10.4. The number of carbonyl (C=O) groups is 1.